The van der Waals surface area contributed by atoms with Crippen molar-refractivity contribution >= 4 is 29.2 Å². The normalized spacial score (nSPS) is 40.4. The van der Waals surface area contributed by atoms with E-state index in [-0.39, 0.29) is 54.8 Å². The van der Waals surface area contributed by atoms with E-state index in [0.717, 1.165) is 12.0 Å². The van der Waals surface area contributed by atoms with E-state index in [2.05, 4.69) is 0 Å². The van der Waals surface area contributed by atoms with Crippen LogP contribution in [-0.2, 0) is 47.7 Å². The number of methoxy groups -OCH3 is 3. The lowest BCUT2D eigenvalue weighted by atomic mass is 9.78. The fraction of sp³-hybridized carbons (Fsp3) is 0.745. The molecule has 0 aromatic carbocycles. The van der Waals surface area contributed by atoms with Gasteiger partial charge in [0, 0.05) is 58.5 Å². The molecule has 0 radical (unpaired) electrons. The van der Waals surface area contributed by atoms with Gasteiger partial charge in [0.1, 0.15) is 30.1 Å². The van der Waals surface area contributed by atoms with E-state index < -0.39 is 83.9 Å². The summed E-state index contributed by atoms with van der Waals surface area (Å²) >= 11 is 0. The summed E-state index contributed by atoms with van der Waals surface area (Å²) in [4.78, 5) is 71.8. The van der Waals surface area contributed by atoms with E-state index in [0.29, 0.717) is 63.4 Å². The van der Waals surface area contributed by atoms with E-state index in [4.69, 9.17) is 23.7 Å². The first-order valence-corrected chi connectivity index (χ1v) is 23.9. The number of ketones is 3. The predicted molar refractivity (Wildman–Crippen MR) is 245 cm³/mol. The minimum Gasteiger partial charge on any atom is -0.460 e. The molecule has 3 aliphatic heterocycles. The number of allylic oxidation sites excluding steroid dienone is 6. The van der Waals surface area contributed by atoms with Crippen molar-refractivity contribution in [3.63, 3.8) is 0 Å². The highest BCUT2D eigenvalue weighted by Gasteiger charge is 2.53. The SMILES string of the molecule is CO[C@H]1C[C@@H]2CC[C@@H](C)[C@@](O)(O2)C(=O)C(=O)N2CCCC[C@H]2C(=O)O[C@H]([C@H](C)C[C@H]2CC[C@@H](O)[C@H](OC)C2)CC(=O)[C@@H](C)/C=C(/C)[C@@H](O)[C@H](OC)C(=O)[C@H](C)C[C@H](C)/C=C/C=C/C=C/1C. The van der Waals surface area contributed by atoms with Gasteiger partial charge >= 0.3 is 5.97 Å². The standard InChI is InChI=1S/C51H79NO13/c1-30-16-12-11-13-17-31(2)42(61-8)28-38-21-19-36(7)51(60,65-38)48(57)49(58)52-23-15-14-18-39(52)50(59)64-43(33(4)26-37-20-22-40(53)44(27-37)62-9)29-41(54)32(3)25-35(6)46(56)47(63-10)45(55)34(5)24-30/h11-13,16-17,25,30,32-34,36-40,42-44,46-47,53,56,60H,14-15,18-24,26-29H2,1-10H3/b13-11+,16-12+,31-17+,35-25-/t30-,32+,33-,34-,36-,37-,38+,39+,40-,42+,43+,44-,46-,47-,51-/m1/s1. The van der Waals surface area contributed by atoms with Crippen LogP contribution in [0.2, 0.25) is 0 Å². The summed E-state index contributed by atoms with van der Waals surface area (Å²) in [5, 5.41) is 33.8. The second-order valence-corrected chi connectivity index (χ2v) is 19.6. The summed E-state index contributed by atoms with van der Waals surface area (Å²) in [7, 11) is 4.52. The van der Waals surface area contributed by atoms with E-state index in [1.54, 1.807) is 41.1 Å². The Morgan fingerprint density at radius 2 is 1.57 bits per heavy atom. The third-order valence-electron chi connectivity index (χ3n) is 14.5. The molecule has 1 aliphatic carbocycles. The molecule has 2 saturated heterocycles. The zero-order valence-electron chi connectivity index (χ0n) is 40.6. The second-order valence-electron chi connectivity index (χ2n) is 19.6. The number of nitrogens with zero attached hydrogens (tertiary/aromatic N) is 1. The molecule has 1 amide bonds. The number of hydrogen-bond donors (Lipinski definition) is 3. The van der Waals surface area contributed by atoms with Gasteiger partial charge in [0.15, 0.2) is 5.78 Å². The summed E-state index contributed by atoms with van der Waals surface area (Å²) in [6.07, 6.45) is 11.2. The molecule has 2 bridgehead atoms. The van der Waals surface area contributed by atoms with Gasteiger partial charge in [-0.05, 0) is 107 Å². The largest absolute Gasteiger partial charge is 0.460 e. The van der Waals surface area contributed by atoms with Crippen molar-refractivity contribution in [3.05, 3.63) is 47.6 Å². The van der Waals surface area contributed by atoms with Gasteiger partial charge in [-0.1, -0.05) is 71.1 Å². The Balaban J connectivity index is 1.70. The third-order valence-corrected chi connectivity index (χ3v) is 14.5. The number of carbonyl (C=O) groups is 5. The molecule has 0 unspecified atom stereocenters. The summed E-state index contributed by atoms with van der Waals surface area (Å²) in [5.41, 5.74) is 1.27. The molecule has 3 heterocycles. The summed E-state index contributed by atoms with van der Waals surface area (Å²) in [5.74, 6) is -7.96. The van der Waals surface area contributed by atoms with Crippen LogP contribution in [-0.4, -0.2) is 132 Å². The molecule has 1 saturated carbocycles. The maximum Gasteiger partial charge on any atom is 0.329 e. The van der Waals surface area contributed by atoms with Crippen LogP contribution < -0.4 is 0 Å². The summed E-state index contributed by atoms with van der Waals surface area (Å²) in [6, 6.07) is -1.14. The molecule has 3 N–H and O–H groups in total. The van der Waals surface area contributed by atoms with E-state index in [1.165, 1.54) is 12.0 Å². The van der Waals surface area contributed by atoms with Crippen LogP contribution in [0, 0.1) is 35.5 Å². The van der Waals surface area contributed by atoms with Crippen molar-refractivity contribution in [2.24, 2.45) is 35.5 Å². The molecular formula is C51H79NO13. The fourth-order valence-corrected chi connectivity index (χ4v) is 10.1. The van der Waals surface area contributed by atoms with Gasteiger partial charge in [-0.25, -0.2) is 4.79 Å². The first-order chi connectivity index (χ1) is 30.7. The predicted octanol–water partition coefficient (Wildman–Crippen LogP) is 6.18. The Morgan fingerprint density at radius 1 is 0.846 bits per heavy atom. The number of aliphatic hydroxyl groups excluding tert-OH is 2. The average Bonchev–Trinajstić information content (AvgIpc) is 3.28. The average molecular weight is 914 g/mol. The molecule has 15 atom stereocenters. The molecular weight excluding hydrogens is 835 g/mol. The molecule has 0 spiro atoms. The number of amides is 1. The number of carbonyl (C=O) groups excluding carboxylic acids is 5. The van der Waals surface area contributed by atoms with Crippen LogP contribution in [0.3, 0.4) is 0 Å². The number of ether oxygens (including phenoxy) is 5. The van der Waals surface area contributed by atoms with Crippen LogP contribution in [0.25, 0.3) is 0 Å². The molecule has 366 valence electrons. The minimum absolute atomic E-state index is 0.0193. The van der Waals surface area contributed by atoms with Crippen molar-refractivity contribution in [2.75, 3.05) is 27.9 Å². The van der Waals surface area contributed by atoms with Gasteiger partial charge in [0.05, 0.1) is 24.4 Å². The first kappa shape index (κ1) is 54.2. The second kappa shape index (κ2) is 25.1. The smallest absolute Gasteiger partial charge is 0.329 e. The van der Waals surface area contributed by atoms with Crippen molar-refractivity contribution in [1.82, 2.24) is 4.90 Å². The number of esters is 1. The van der Waals surface area contributed by atoms with Gasteiger partial charge in [-0.15, -0.1) is 0 Å². The Hall–Kier alpha value is -3.37. The number of fused-ring (bicyclic) bond motifs is 3. The molecule has 3 fully saturated rings. The monoisotopic (exact) mass is 914 g/mol. The van der Waals surface area contributed by atoms with E-state index in [9.17, 15) is 39.3 Å². The Labute approximate surface area is 387 Å². The van der Waals surface area contributed by atoms with Gasteiger partial charge in [0.2, 0.25) is 5.79 Å². The molecule has 14 nitrogen and oxygen atoms in total. The van der Waals surface area contributed by atoms with Gasteiger partial charge in [-0.2, -0.15) is 0 Å². The fourth-order valence-electron chi connectivity index (χ4n) is 10.1. The zero-order chi connectivity index (χ0) is 48.2. The maximum absolute atomic E-state index is 14.4. The first-order valence-electron chi connectivity index (χ1n) is 23.9. The molecule has 0 aromatic rings. The van der Waals surface area contributed by atoms with Crippen molar-refractivity contribution in [3.8, 4) is 0 Å². The lowest BCUT2D eigenvalue weighted by Crippen LogP contribution is -2.61. The number of hydrogen-bond acceptors (Lipinski definition) is 13. The Bertz CT molecular complexity index is 1760. The molecule has 14 heteroatoms. The minimum atomic E-state index is -2.43. The van der Waals surface area contributed by atoms with E-state index in [1.807, 2.05) is 58.1 Å². The Morgan fingerprint density at radius 3 is 2.25 bits per heavy atom. The summed E-state index contributed by atoms with van der Waals surface area (Å²) in [6.45, 7) is 12.7. The number of cyclic esters (lactones) is 1. The highest BCUT2D eigenvalue weighted by molar-refractivity contribution is 6.39. The quantitative estimate of drug-likeness (QED) is 0.156. The molecule has 4 rings (SSSR count). The third kappa shape index (κ3) is 14.3. The highest BCUT2D eigenvalue weighted by Crippen LogP contribution is 2.38. The van der Waals surface area contributed by atoms with Gasteiger partial charge in [0.25, 0.3) is 11.7 Å². The van der Waals surface area contributed by atoms with Crippen molar-refractivity contribution in [2.45, 2.75) is 180 Å². The maximum atomic E-state index is 14.4. The molecule has 0 aromatic heterocycles. The van der Waals surface area contributed by atoms with Gasteiger partial charge in [-0.3, -0.25) is 19.2 Å². The lowest BCUT2D eigenvalue weighted by molar-refractivity contribution is -0.265. The van der Waals surface area contributed by atoms with Crippen LogP contribution in [0.5, 0.6) is 0 Å². The zero-order valence-corrected chi connectivity index (χ0v) is 40.6. The van der Waals surface area contributed by atoms with Gasteiger partial charge < -0.3 is 43.9 Å². The number of piperidine rings is 1. The number of rotatable bonds is 6. The summed E-state index contributed by atoms with van der Waals surface area (Å²) < 4.78 is 29.4. The molecule has 65 heavy (non-hydrogen) atoms. The van der Waals surface area contributed by atoms with Crippen LogP contribution >= 0.6 is 0 Å². The van der Waals surface area contributed by atoms with Crippen LogP contribution in [0.4, 0.5) is 0 Å². The number of Topliss-reactive ketones (excluding diaryl/α,β-unsaturated/α-hetero) is 3. The number of aliphatic hydroxyl groups is 3. The highest BCUT2D eigenvalue weighted by atomic mass is 16.6. The van der Waals surface area contributed by atoms with Crippen LogP contribution in [0.15, 0.2) is 47.6 Å². The van der Waals surface area contributed by atoms with Crippen LogP contribution in [0.1, 0.15) is 126 Å². The van der Waals surface area contributed by atoms with E-state index >= 15 is 0 Å². The lowest BCUT2D eigenvalue weighted by Gasteiger charge is -2.42. The topological polar surface area (TPSA) is 195 Å². The molecule has 4 aliphatic rings. The Kier molecular flexibility index (Phi) is 21.0. The van der Waals surface area contributed by atoms with Crippen molar-refractivity contribution < 1.29 is 63.0 Å². The van der Waals surface area contributed by atoms with Crippen molar-refractivity contribution in [1.29, 1.82) is 0 Å².